The molecule has 1 unspecified atom stereocenters. The van der Waals surface area contributed by atoms with E-state index in [4.69, 9.17) is 21.3 Å². The van der Waals surface area contributed by atoms with Gasteiger partial charge >= 0.3 is 0 Å². The summed E-state index contributed by atoms with van der Waals surface area (Å²) in [6.07, 6.45) is 0.449. The number of halogens is 1. The number of aromatic hydroxyl groups is 1. The van der Waals surface area contributed by atoms with Crippen LogP contribution in [0.1, 0.15) is 16.7 Å². The predicted octanol–water partition coefficient (Wildman–Crippen LogP) is 4.89. The highest BCUT2D eigenvalue weighted by Crippen LogP contribution is 2.27. The number of rotatable bonds is 5. The highest BCUT2D eigenvalue weighted by Gasteiger charge is 2.20. The molecule has 4 rings (SSSR count). The lowest BCUT2D eigenvalue weighted by Crippen LogP contribution is -2.22. The lowest BCUT2D eigenvalue weighted by atomic mass is 10.0. The maximum Gasteiger partial charge on any atom is 0.166 e. The van der Waals surface area contributed by atoms with E-state index in [9.17, 15) is 5.11 Å². The Kier molecular flexibility index (Phi) is 5.60. The third kappa shape index (κ3) is 4.35. The van der Waals surface area contributed by atoms with Gasteiger partial charge in [-0.2, -0.15) is 0 Å². The largest absolute Gasteiger partial charge is 0.508 e. The minimum absolute atomic E-state index is 0.270. The number of phenolic OH excluding ortho intramolecular Hbond substituents is 1. The van der Waals surface area contributed by atoms with E-state index in [1.807, 2.05) is 60.7 Å². The molecule has 0 fully saturated rings. The van der Waals surface area contributed by atoms with Crippen LogP contribution in [-0.4, -0.2) is 30.2 Å². The quantitative estimate of drug-likeness (QED) is 0.649. The van der Waals surface area contributed by atoms with E-state index < -0.39 is 0 Å². The number of ether oxygens (including phenoxy) is 1. The summed E-state index contributed by atoms with van der Waals surface area (Å²) in [4.78, 5) is 4.91. The summed E-state index contributed by atoms with van der Waals surface area (Å²) < 4.78 is 6.06. The van der Waals surface area contributed by atoms with Crippen molar-refractivity contribution in [2.24, 2.45) is 4.99 Å². The molecule has 3 aromatic carbocycles. The number of hydrogen-bond acceptors (Lipinski definition) is 4. The molecule has 0 spiro atoms. The van der Waals surface area contributed by atoms with Gasteiger partial charge in [0, 0.05) is 21.8 Å². The van der Waals surface area contributed by atoms with E-state index in [1.54, 1.807) is 12.1 Å². The summed E-state index contributed by atoms with van der Waals surface area (Å²) >= 11 is 6.25. The molecule has 4 nitrogen and oxygen atoms in total. The molecule has 1 aliphatic rings. The first-order valence-electron chi connectivity index (χ1n) is 9.25. The van der Waals surface area contributed by atoms with Gasteiger partial charge in [-0.1, -0.05) is 54.1 Å². The van der Waals surface area contributed by atoms with Gasteiger partial charge < -0.3 is 15.2 Å². The standard InChI is InChI=1S/C23H21ClN2O2/c24-18-8-11-21-20(14-18)23(17-4-2-1-3-5-17)26-22(15-25-21)28-13-12-16-6-9-19(27)10-7-16/h1-11,14,22,25,27H,12-13,15H2. The SMILES string of the molecule is Oc1ccc(CCOC2CNc3ccc(Cl)cc3C(c3ccccc3)=N2)cc1. The zero-order valence-electron chi connectivity index (χ0n) is 15.3. The van der Waals surface area contributed by atoms with Gasteiger partial charge in [-0.05, 0) is 42.3 Å². The average Bonchev–Trinajstić information content (AvgIpc) is 2.90. The van der Waals surface area contributed by atoms with Crippen LogP contribution in [0.2, 0.25) is 5.02 Å². The van der Waals surface area contributed by atoms with Crippen LogP contribution in [0.4, 0.5) is 5.69 Å². The van der Waals surface area contributed by atoms with Gasteiger partial charge in [0.25, 0.3) is 0 Å². The molecule has 1 atom stereocenters. The van der Waals surface area contributed by atoms with Gasteiger partial charge in [0.15, 0.2) is 6.23 Å². The maximum absolute atomic E-state index is 9.39. The van der Waals surface area contributed by atoms with Crippen LogP contribution < -0.4 is 5.32 Å². The van der Waals surface area contributed by atoms with E-state index in [0.717, 1.165) is 34.5 Å². The summed E-state index contributed by atoms with van der Waals surface area (Å²) in [5.74, 6) is 0.270. The Morgan fingerprint density at radius 1 is 1.04 bits per heavy atom. The zero-order chi connectivity index (χ0) is 19.3. The van der Waals surface area contributed by atoms with Crippen molar-refractivity contribution in [3.05, 3.63) is 94.5 Å². The Morgan fingerprint density at radius 2 is 1.82 bits per heavy atom. The zero-order valence-corrected chi connectivity index (χ0v) is 16.1. The molecule has 3 aromatic rings. The van der Waals surface area contributed by atoms with Gasteiger partial charge in [-0.25, -0.2) is 0 Å². The van der Waals surface area contributed by atoms with Crippen molar-refractivity contribution in [2.75, 3.05) is 18.5 Å². The first kappa shape index (κ1) is 18.5. The van der Waals surface area contributed by atoms with Crippen molar-refractivity contribution in [3.8, 4) is 5.75 Å². The third-order valence-corrected chi connectivity index (χ3v) is 4.90. The normalized spacial score (nSPS) is 15.9. The molecule has 0 bridgehead atoms. The number of hydrogen-bond donors (Lipinski definition) is 2. The molecular weight excluding hydrogens is 372 g/mol. The summed E-state index contributed by atoms with van der Waals surface area (Å²) in [6.45, 7) is 1.13. The summed E-state index contributed by atoms with van der Waals surface area (Å²) in [5, 5.41) is 13.5. The van der Waals surface area contributed by atoms with Gasteiger partial charge in [0.05, 0.1) is 18.9 Å². The van der Waals surface area contributed by atoms with E-state index >= 15 is 0 Å². The van der Waals surface area contributed by atoms with Crippen LogP contribution in [0.5, 0.6) is 5.75 Å². The Hall–Kier alpha value is -2.82. The molecule has 0 saturated heterocycles. The third-order valence-electron chi connectivity index (χ3n) is 4.66. The van der Waals surface area contributed by atoms with Crippen LogP contribution in [0.3, 0.4) is 0 Å². The second kappa shape index (κ2) is 8.46. The van der Waals surface area contributed by atoms with Crippen molar-refractivity contribution in [1.29, 1.82) is 0 Å². The average molecular weight is 393 g/mol. The van der Waals surface area contributed by atoms with Crippen LogP contribution in [0.15, 0.2) is 77.8 Å². The number of nitrogens with one attached hydrogen (secondary N) is 1. The smallest absolute Gasteiger partial charge is 0.166 e. The number of nitrogens with zero attached hydrogens (tertiary/aromatic N) is 1. The molecular formula is C23H21ClN2O2. The Labute approximate surface area is 169 Å². The Balaban J connectivity index is 1.55. The van der Waals surface area contributed by atoms with Gasteiger partial charge in [0.1, 0.15) is 5.75 Å². The monoisotopic (exact) mass is 392 g/mol. The van der Waals surface area contributed by atoms with E-state index in [1.165, 1.54) is 0 Å². The molecule has 28 heavy (non-hydrogen) atoms. The highest BCUT2D eigenvalue weighted by atomic mass is 35.5. The first-order valence-corrected chi connectivity index (χ1v) is 9.63. The summed E-state index contributed by atoms with van der Waals surface area (Å²) in [5.41, 5.74) is 4.99. The molecule has 0 saturated carbocycles. The highest BCUT2D eigenvalue weighted by molar-refractivity contribution is 6.31. The molecule has 142 valence electrons. The minimum Gasteiger partial charge on any atom is -0.508 e. The fraction of sp³-hybridized carbons (Fsp3) is 0.174. The Morgan fingerprint density at radius 3 is 2.61 bits per heavy atom. The molecule has 2 N–H and O–H groups in total. The number of benzene rings is 3. The fourth-order valence-corrected chi connectivity index (χ4v) is 3.39. The van der Waals surface area contributed by atoms with E-state index in [-0.39, 0.29) is 12.0 Å². The molecule has 5 heteroatoms. The maximum atomic E-state index is 9.39. The second-order valence-electron chi connectivity index (χ2n) is 6.66. The van der Waals surface area contributed by atoms with Gasteiger partial charge in [-0.15, -0.1) is 0 Å². The van der Waals surface area contributed by atoms with E-state index in [0.29, 0.717) is 18.2 Å². The van der Waals surface area contributed by atoms with Gasteiger partial charge in [-0.3, -0.25) is 4.99 Å². The topological polar surface area (TPSA) is 53.9 Å². The fourth-order valence-electron chi connectivity index (χ4n) is 3.22. The van der Waals surface area contributed by atoms with Crippen LogP contribution in [0, 0.1) is 0 Å². The van der Waals surface area contributed by atoms with Gasteiger partial charge in [0.2, 0.25) is 0 Å². The predicted molar refractivity (Wildman–Crippen MR) is 114 cm³/mol. The summed E-state index contributed by atoms with van der Waals surface area (Å²) in [7, 11) is 0. The molecule has 1 aliphatic heterocycles. The lowest BCUT2D eigenvalue weighted by Gasteiger charge is -2.14. The lowest BCUT2D eigenvalue weighted by molar-refractivity contribution is 0.0710. The number of fused-ring (bicyclic) bond motifs is 1. The van der Waals surface area contributed by atoms with Crippen molar-refractivity contribution in [3.63, 3.8) is 0 Å². The van der Waals surface area contributed by atoms with Crippen molar-refractivity contribution in [2.45, 2.75) is 12.6 Å². The molecule has 1 heterocycles. The molecule has 0 amide bonds. The molecule has 0 aliphatic carbocycles. The van der Waals surface area contributed by atoms with E-state index in [2.05, 4.69) is 5.32 Å². The van der Waals surface area contributed by atoms with Crippen molar-refractivity contribution in [1.82, 2.24) is 0 Å². The Bertz CT molecular complexity index is 972. The summed E-state index contributed by atoms with van der Waals surface area (Å²) in [6, 6.07) is 23.1. The molecule has 0 radical (unpaired) electrons. The van der Waals surface area contributed by atoms with Crippen LogP contribution >= 0.6 is 11.6 Å². The number of anilines is 1. The molecule has 0 aromatic heterocycles. The number of aliphatic imine (C=N–C) groups is 1. The first-order chi connectivity index (χ1) is 13.7. The van der Waals surface area contributed by atoms with Crippen molar-refractivity contribution >= 4 is 23.0 Å². The van der Waals surface area contributed by atoms with Crippen LogP contribution in [-0.2, 0) is 11.2 Å². The van der Waals surface area contributed by atoms with Crippen LogP contribution in [0.25, 0.3) is 0 Å². The second-order valence-corrected chi connectivity index (χ2v) is 7.09. The number of benzodiazepines with no additional fused rings is 1. The minimum atomic E-state index is -0.307. The van der Waals surface area contributed by atoms with Crippen molar-refractivity contribution < 1.29 is 9.84 Å². The number of phenols is 1.